The molecule has 1 aliphatic rings. The van der Waals surface area contributed by atoms with E-state index in [1.165, 1.54) is 0 Å². The van der Waals surface area contributed by atoms with E-state index >= 15 is 0 Å². The Morgan fingerprint density at radius 1 is 1.58 bits per heavy atom. The highest BCUT2D eigenvalue weighted by atomic mass is 79.9. The van der Waals surface area contributed by atoms with Gasteiger partial charge in [0, 0.05) is 30.4 Å². The Bertz CT molecular complexity index is 478. The van der Waals surface area contributed by atoms with E-state index in [9.17, 15) is 4.79 Å². The van der Waals surface area contributed by atoms with Gasteiger partial charge in [0.05, 0.1) is 10.4 Å². The normalized spacial score (nSPS) is 18.0. The molecule has 0 saturated carbocycles. The maximum absolute atomic E-state index is 11.7. The van der Waals surface area contributed by atoms with Crippen LogP contribution in [0.4, 0.5) is 5.82 Å². The van der Waals surface area contributed by atoms with Gasteiger partial charge in [-0.25, -0.2) is 4.98 Å². The molecule has 0 spiro atoms. The summed E-state index contributed by atoms with van der Waals surface area (Å²) < 4.78 is 6.09. The van der Waals surface area contributed by atoms with Gasteiger partial charge < -0.3 is 15.8 Å². The summed E-state index contributed by atoms with van der Waals surface area (Å²) in [7, 11) is 0. The molecule has 2 heterocycles. The molecule has 1 amide bonds. The highest BCUT2D eigenvalue weighted by molar-refractivity contribution is 9.10. The SMILES string of the molecule is NC(=O)C1(CNc2ncc(Br)cc2Cl)CCOCC1. The van der Waals surface area contributed by atoms with Crippen molar-refractivity contribution < 1.29 is 9.53 Å². The number of pyridine rings is 1. The van der Waals surface area contributed by atoms with Crippen LogP contribution in [0.5, 0.6) is 0 Å². The molecule has 19 heavy (non-hydrogen) atoms. The minimum Gasteiger partial charge on any atom is -0.381 e. The second kappa shape index (κ2) is 6.07. The highest BCUT2D eigenvalue weighted by Gasteiger charge is 2.38. The number of nitrogens with one attached hydrogen (secondary N) is 1. The fraction of sp³-hybridized carbons (Fsp3) is 0.500. The van der Waals surface area contributed by atoms with Gasteiger partial charge in [-0.1, -0.05) is 11.6 Å². The molecule has 0 unspecified atom stereocenters. The summed E-state index contributed by atoms with van der Waals surface area (Å²) in [5.41, 5.74) is 4.95. The Hall–Kier alpha value is -0.850. The van der Waals surface area contributed by atoms with Crippen molar-refractivity contribution in [3.05, 3.63) is 21.8 Å². The molecular formula is C12H15BrClN3O2. The molecule has 3 N–H and O–H groups in total. The van der Waals surface area contributed by atoms with Crippen LogP contribution in [-0.2, 0) is 9.53 Å². The molecule has 1 fully saturated rings. The van der Waals surface area contributed by atoms with Crippen molar-refractivity contribution in [1.29, 1.82) is 0 Å². The molecule has 0 atom stereocenters. The van der Waals surface area contributed by atoms with E-state index in [4.69, 9.17) is 22.1 Å². The lowest BCUT2D eigenvalue weighted by Gasteiger charge is -2.34. The lowest BCUT2D eigenvalue weighted by molar-refractivity contribution is -0.132. The van der Waals surface area contributed by atoms with Gasteiger partial charge in [-0.05, 0) is 34.8 Å². The minimum atomic E-state index is -0.587. The molecular weight excluding hydrogens is 334 g/mol. The lowest BCUT2D eigenvalue weighted by Crippen LogP contribution is -2.46. The van der Waals surface area contributed by atoms with Crippen molar-refractivity contribution in [2.24, 2.45) is 11.1 Å². The van der Waals surface area contributed by atoms with Gasteiger partial charge in [-0.15, -0.1) is 0 Å². The average Bonchev–Trinajstić information content (AvgIpc) is 2.38. The number of rotatable bonds is 4. The summed E-state index contributed by atoms with van der Waals surface area (Å²) in [5, 5.41) is 3.61. The van der Waals surface area contributed by atoms with Crippen LogP contribution in [0.15, 0.2) is 16.7 Å². The summed E-state index contributed by atoms with van der Waals surface area (Å²) in [6.45, 7) is 1.51. The first-order valence-corrected chi connectivity index (χ1v) is 7.13. The van der Waals surface area contributed by atoms with Crippen molar-refractivity contribution in [3.63, 3.8) is 0 Å². The van der Waals surface area contributed by atoms with E-state index in [1.807, 2.05) is 0 Å². The summed E-state index contributed by atoms with van der Waals surface area (Å²) >= 11 is 9.37. The van der Waals surface area contributed by atoms with Gasteiger partial charge in [0.1, 0.15) is 5.82 Å². The third kappa shape index (κ3) is 3.38. The lowest BCUT2D eigenvalue weighted by atomic mass is 9.79. The molecule has 2 rings (SSSR count). The molecule has 0 radical (unpaired) electrons. The standard InChI is InChI=1S/C12H15BrClN3O2/c13-8-5-9(14)10(16-6-8)17-7-12(11(15)18)1-3-19-4-2-12/h5-6H,1-4,7H2,(H2,15,18)(H,16,17). The van der Waals surface area contributed by atoms with Crippen LogP contribution in [-0.4, -0.2) is 30.6 Å². The number of primary amides is 1. The van der Waals surface area contributed by atoms with Crippen molar-refractivity contribution >= 4 is 39.3 Å². The zero-order valence-corrected chi connectivity index (χ0v) is 12.6. The van der Waals surface area contributed by atoms with Crippen LogP contribution in [0.3, 0.4) is 0 Å². The Balaban J connectivity index is 2.08. The molecule has 104 valence electrons. The molecule has 1 aliphatic heterocycles. The molecule has 0 bridgehead atoms. The molecule has 1 aromatic heterocycles. The maximum Gasteiger partial charge on any atom is 0.225 e. The van der Waals surface area contributed by atoms with E-state index in [2.05, 4.69) is 26.2 Å². The molecule has 7 heteroatoms. The van der Waals surface area contributed by atoms with Crippen LogP contribution in [0, 0.1) is 5.41 Å². The number of ether oxygens (including phenoxy) is 1. The first-order chi connectivity index (χ1) is 9.03. The average molecular weight is 349 g/mol. The summed E-state index contributed by atoms with van der Waals surface area (Å²) in [6.07, 6.45) is 2.88. The zero-order valence-electron chi connectivity index (χ0n) is 10.3. The van der Waals surface area contributed by atoms with Gasteiger partial charge in [-0.3, -0.25) is 4.79 Å². The van der Waals surface area contributed by atoms with Gasteiger partial charge in [0.2, 0.25) is 5.91 Å². The quantitative estimate of drug-likeness (QED) is 0.874. The molecule has 5 nitrogen and oxygen atoms in total. The number of anilines is 1. The predicted octanol–water partition coefficient (Wildman–Crippen LogP) is 2.19. The smallest absolute Gasteiger partial charge is 0.225 e. The fourth-order valence-corrected chi connectivity index (χ4v) is 2.77. The van der Waals surface area contributed by atoms with Crippen LogP contribution in [0.25, 0.3) is 0 Å². The second-order valence-electron chi connectivity index (χ2n) is 4.59. The molecule has 1 aromatic rings. The van der Waals surface area contributed by atoms with E-state index in [-0.39, 0.29) is 5.91 Å². The third-order valence-corrected chi connectivity index (χ3v) is 4.10. The third-order valence-electron chi connectivity index (χ3n) is 3.37. The Kier molecular flexibility index (Phi) is 4.65. The Morgan fingerprint density at radius 3 is 2.84 bits per heavy atom. The second-order valence-corrected chi connectivity index (χ2v) is 5.92. The van der Waals surface area contributed by atoms with Crippen molar-refractivity contribution in [2.75, 3.05) is 25.1 Å². The first kappa shape index (κ1) is 14.6. The van der Waals surface area contributed by atoms with Gasteiger partial charge in [0.15, 0.2) is 0 Å². The summed E-state index contributed by atoms with van der Waals surface area (Å²) in [4.78, 5) is 15.9. The van der Waals surface area contributed by atoms with Gasteiger partial charge >= 0.3 is 0 Å². The molecule has 0 aliphatic carbocycles. The van der Waals surface area contributed by atoms with Crippen LogP contribution >= 0.6 is 27.5 Å². The number of carbonyl (C=O) groups excluding carboxylic acids is 1. The van der Waals surface area contributed by atoms with Crippen molar-refractivity contribution in [3.8, 4) is 0 Å². The Labute approximate surface area is 125 Å². The van der Waals surface area contributed by atoms with Crippen LogP contribution in [0.1, 0.15) is 12.8 Å². The van der Waals surface area contributed by atoms with Crippen LogP contribution in [0.2, 0.25) is 5.02 Å². The zero-order chi connectivity index (χ0) is 13.9. The number of nitrogens with two attached hydrogens (primary N) is 1. The summed E-state index contributed by atoms with van der Waals surface area (Å²) in [5.74, 6) is 0.244. The van der Waals surface area contributed by atoms with Crippen molar-refractivity contribution in [1.82, 2.24) is 4.98 Å². The first-order valence-electron chi connectivity index (χ1n) is 5.96. The maximum atomic E-state index is 11.7. The number of aromatic nitrogens is 1. The van der Waals surface area contributed by atoms with Gasteiger partial charge in [0.25, 0.3) is 0 Å². The van der Waals surface area contributed by atoms with E-state index < -0.39 is 5.41 Å². The van der Waals surface area contributed by atoms with E-state index in [0.717, 1.165) is 4.47 Å². The number of hydrogen-bond donors (Lipinski definition) is 2. The van der Waals surface area contributed by atoms with E-state index in [0.29, 0.717) is 43.4 Å². The molecule has 1 saturated heterocycles. The van der Waals surface area contributed by atoms with Crippen LogP contribution < -0.4 is 11.1 Å². The highest BCUT2D eigenvalue weighted by Crippen LogP contribution is 2.31. The number of nitrogens with zero attached hydrogens (tertiary/aromatic N) is 1. The molecule has 0 aromatic carbocycles. The summed E-state index contributed by atoms with van der Waals surface area (Å²) in [6, 6.07) is 1.75. The fourth-order valence-electron chi connectivity index (χ4n) is 2.07. The van der Waals surface area contributed by atoms with E-state index in [1.54, 1.807) is 12.3 Å². The largest absolute Gasteiger partial charge is 0.381 e. The number of amides is 1. The Morgan fingerprint density at radius 2 is 2.26 bits per heavy atom. The number of hydrogen-bond acceptors (Lipinski definition) is 4. The topological polar surface area (TPSA) is 77.2 Å². The van der Waals surface area contributed by atoms with Gasteiger partial charge in [-0.2, -0.15) is 0 Å². The number of halogens is 2. The minimum absolute atomic E-state index is 0.309. The predicted molar refractivity (Wildman–Crippen MR) is 77.1 cm³/mol. The number of carbonyl (C=O) groups is 1. The monoisotopic (exact) mass is 347 g/mol. The van der Waals surface area contributed by atoms with Crippen molar-refractivity contribution in [2.45, 2.75) is 12.8 Å².